The van der Waals surface area contributed by atoms with Crippen LogP contribution in [-0.2, 0) is 0 Å². The molecule has 0 saturated heterocycles. The Morgan fingerprint density at radius 1 is 1.10 bits per heavy atom. The number of allylic oxidation sites excluding steroid dienone is 3. The van der Waals surface area contributed by atoms with Crippen molar-refractivity contribution in [3.05, 3.63) is 70.8 Å². The lowest BCUT2D eigenvalue weighted by Gasteiger charge is -2.33. The summed E-state index contributed by atoms with van der Waals surface area (Å²) in [6.45, 7) is 9.37. The largest absolute Gasteiger partial charge is 0.341 e. The Labute approximate surface area is 116 Å². The number of hydrogen-bond donors (Lipinski definition) is 0. The lowest BCUT2D eigenvalue weighted by molar-refractivity contribution is 0.342. The Kier molecular flexibility index (Phi) is 3.75. The van der Waals surface area contributed by atoms with E-state index in [2.05, 4.69) is 6.58 Å². The molecule has 1 unspecified atom stereocenters. The van der Waals surface area contributed by atoms with Gasteiger partial charge in [0.1, 0.15) is 5.82 Å². The maximum atomic E-state index is 13.9. The van der Waals surface area contributed by atoms with Gasteiger partial charge in [0.05, 0.1) is 6.04 Å². The molecular weight excluding hydrogens is 263 g/mol. The Bertz CT molecular complexity index is 629. The molecule has 1 atom stereocenters. The summed E-state index contributed by atoms with van der Waals surface area (Å²) in [5, 5.41) is 0. The smallest absolute Gasteiger partial charge is 0.167 e. The molecule has 0 aliphatic carbocycles. The summed E-state index contributed by atoms with van der Waals surface area (Å²) in [7, 11) is 0. The van der Waals surface area contributed by atoms with Gasteiger partial charge >= 0.3 is 0 Å². The van der Waals surface area contributed by atoms with Gasteiger partial charge in [-0.15, -0.1) is 0 Å². The van der Waals surface area contributed by atoms with E-state index in [0.717, 1.165) is 23.3 Å². The van der Waals surface area contributed by atoms with Crippen molar-refractivity contribution >= 4 is 0 Å². The first-order chi connectivity index (χ1) is 9.34. The van der Waals surface area contributed by atoms with Gasteiger partial charge in [-0.05, 0) is 50.1 Å². The highest BCUT2D eigenvalue weighted by molar-refractivity contribution is 5.41. The maximum Gasteiger partial charge on any atom is 0.167 e. The second kappa shape index (κ2) is 5.19. The Morgan fingerprint density at radius 3 is 2.35 bits per heavy atom. The van der Waals surface area contributed by atoms with Crippen molar-refractivity contribution in [2.45, 2.75) is 26.8 Å². The topological polar surface area (TPSA) is 3.24 Å². The summed E-state index contributed by atoms with van der Waals surface area (Å²) in [5.41, 5.74) is 2.35. The Morgan fingerprint density at radius 2 is 1.70 bits per heavy atom. The summed E-state index contributed by atoms with van der Waals surface area (Å²) >= 11 is 0. The second-order valence-corrected chi connectivity index (χ2v) is 4.91. The zero-order valence-electron chi connectivity index (χ0n) is 11.7. The molecule has 1 nitrogen and oxygen atoms in total. The molecule has 1 aliphatic rings. The van der Waals surface area contributed by atoms with Crippen molar-refractivity contribution in [3.8, 4) is 0 Å². The fourth-order valence-electron chi connectivity index (χ4n) is 2.26. The number of halogens is 3. The van der Waals surface area contributed by atoms with E-state index in [0.29, 0.717) is 5.70 Å². The SMILES string of the molecule is C=C1C(C)=C(C)C=CN1C(C)c1c(F)ccc(F)c1F. The van der Waals surface area contributed by atoms with Crippen LogP contribution in [0.25, 0.3) is 0 Å². The first-order valence-corrected chi connectivity index (χ1v) is 6.31. The molecule has 1 aromatic rings. The minimum Gasteiger partial charge on any atom is -0.341 e. The quantitative estimate of drug-likeness (QED) is 0.700. The lowest BCUT2D eigenvalue weighted by atomic mass is 9.99. The van der Waals surface area contributed by atoms with Crippen LogP contribution in [0.15, 0.2) is 47.8 Å². The summed E-state index contributed by atoms with van der Waals surface area (Å²) in [4.78, 5) is 1.64. The van der Waals surface area contributed by atoms with E-state index in [1.807, 2.05) is 19.9 Å². The molecule has 4 heteroatoms. The van der Waals surface area contributed by atoms with E-state index in [4.69, 9.17) is 0 Å². The number of hydrogen-bond acceptors (Lipinski definition) is 1. The van der Waals surface area contributed by atoms with Gasteiger partial charge < -0.3 is 4.90 Å². The first kappa shape index (κ1) is 14.4. The summed E-state index contributed by atoms with van der Waals surface area (Å²) in [5.74, 6) is -2.97. The highest BCUT2D eigenvalue weighted by Gasteiger charge is 2.26. The summed E-state index contributed by atoms with van der Waals surface area (Å²) < 4.78 is 41.0. The minimum absolute atomic E-state index is 0.289. The summed E-state index contributed by atoms with van der Waals surface area (Å²) in [6, 6.07) is 1.04. The monoisotopic (exact) mass is 279 g/mol. The molecule has 1 aliphatic heterocycles. The number of nitrogens with zero attached hydrogens (tertiary/aromatic N) is 1. The van der Waals surface area contributed by atoms with Crippen LogP contribution in [0.3, 0.4) is 0 Å². The van der Waals surface area contributed by atoms with Crippen LogP contribution in [0, 0.1) is 17.5 Å². The molecule has 2 rings (SSSR count). The molecule has 0 N–H and O–H groups in total. The van der Waals surface area contributed by atoms with Crippen LogP contribution >= 0.6 is 0 Å². The van der Waals surface area contributed by atoms with Gasteiger partial charge in [-0.2, -0.15) is 0 Å². The molecular formula is C16H16F3N. The second-order valence-electron chi connectivity index (χ2n) is 4.91. The maximum absolute atomic E-state index is 13.9. The molecule has 1 aromatic carbocycles. The van der Waals surface area contributed by atoms with Crippen LogP contribution in [0.5, 0.6) is 0 Å². The van der Waals surface area contributed by atoms with Gasteiger partial charge in [-0.25, -0.2) is 13.2 Å². The van der Waals surface area contributed by atoms with Crippen LogP contribution in [0.2, 0.25) is 0 Å². The molecule has 0 bridgehead atoms. The van der Waals surface area contributed by atoms with Crippen molar-refractivity contribution in [1.29, 1.82) is 0 Å². The molecule has 1 heterocycles. The highest BCUT2D eigenvalue weighted by atomic mass is 19.2. The average Bonchev–Trinajstić information content (AvgIpc) is 2.41. The van der Waals surface area contributed by atoms with Crippen molar-refractivity contribution in [2.24, 2.45) is 0 Å². The van der Waals surface area contributed by atoms with Gasteiger partial charge in [0, 0.05) is 17.5 Å². The lowest BCUT2D eigenvalue weighted by Crippen LogP contribution is -2.25. The number of rotatable bonds is 2. The normalized spacial score (nSPS) is 16.9. The van der Waals surface area contributed by atoms with Crippen LogP contribution in [-0.4, -0.2) is 4.90 Å². The van der Waals surface area contributed by atoms with Gasteiger partial charge in [0.25, 0.3) is 0 Å². The first-order valence-electron chi connectivity index (χ1n) is 6.31. The Hall–Kier alpha value is -1.97. The van der Waals surface area contributed by atoms with E-state index in [9.17, 15) is 13.2 Å². The standard InChI is InChI=1S/C16H16F3N/c1-9-7-8-20(11(3)10(9)2)12(4)15-13(17)5-6-14(18)16(15)19/h5-8,12H,3H2,1-2,4H3. The van der Waals surface area contributed by atoms with Crippen molar-refractivity contribution in [3.63, 3.8) is 0 Å². The predicted octanol–water partition coefficient (Wildman–Crippen LogP) is 4.84. The zero-order valence-corrected chi connectivity index (χ0v) is 11.7. The third-order valence-electron chi connectivity index (χ3n) is 3.74. The van der Waals surface area contributed by atoms with Gasteiger partial charge in [0.2, 0.25) is 0 Å². The fraction of sp³-hybridized carbons (Fsp3) is 0.250. The minimum atomic E-state index is -1.15. The van der Waals surface area contributed by atoms with Crippen LogP contribution < -0.4 is 0 Å². The molecule has 0 saturated carbocycles. The van der Waals surface area contributed by atoms with Crippen molar-refractivity contribution < 1.29 is 13.2 Å². The molecule has 0 fully saturated rings. The van der Waals surface area contributed by atoms with Crippen LogP contribution in [0.4, 0.5) is 13.2 Å². The summed E-state index contributed by atoms with van der Waals surface area (Å²) in [6.07, 6.45) is 3.55. The predicted molar refractivity (Wildman–Crippen MR) is 73.2 cm³/mol. The molecule has 0 amide bonds. The molecule has 0 radical (unpaired) electrons. The molecule has 0 aromatic heterocycles. The van der Waals surface area contributed by atoms with E-state index >= 15 is 0 Å². The van der Waals surface area contributed by atoms with Crippen molar-refractivity contribution in [1.82, 2.24) is 4.90 Å². The molecule has 0 spiro atoms. The molecule has 106 valence electrons. The van der Waals surface area contributed by atoms with E-state index in [1.54, 1.807) is 18.0 Å². The van der Waals surface area contributed by atoms with Crippen molar-refractivity contribution in [2.75, 3.05) is 0 Å². The van der Waals surface area contributed by atoms with Gasteiger partial charge in [-0.1, -0.05) is 6.58 Å². The third kappa shape index (κ3) is 2.26. The fourth-order valence-corrected chi connectivity index (χ4v) is 2.26. The highest BCUT2D eigenvalue weighted by Crippen LogP contribution is 2.34. The molecule has 20 heavy (non-hydrogen) atoms. The third-order valence-corrected chi connectivity index (χ3v) is 3.74. The van der Waals surface area contributed by atoms with Crippen LogP contribution in [0.1, 0.15) is 32.4 Å². The van der Waals surface area contributed by atoms with Gasteiger partial charge in [-0.3, -0.25) is 0 Å². The zero-order chi connectivity index (χ0) is 15.0. The Balaban J connectivity index is 2.44. The number of benzene rings is 1. The van der Waals surface area contributed by atoms with E-state index in [-0.39, 0.29) is 5.56 Å². The average molecular weight is 279 g/mol. The van der Waals surface area contributed by atoms with E-state index < -0.39 is 23.5 Å². The van der Waals surface area contributed by atoms with E-state index in [1.165, 1.54) is 0 Å². The van der Waals surface area contributed by atoms with Gasteiger partial charge in [0.15, 0.2) is 11.6 Å².